The number of amides is 1. The van der Waals surface area contributed by atoms with Gasteiger partial charge in [-0.3, -0.25) is 4.79 Å². The average Bonchev–Trinajstić information content (AvgIpc) is 3.16. The number of benzene rings is 1. The summed E-state index contributed by atoms with van der Waals surface area (Å²) in [5, 5.41) is 5.96. The average molecular weight is 413 g/mol. The van der Waals surface area contributed by atoms with E-state index < -0.39 is 0 Å². The summed E-state index contributed by atoms with van der Waals surface area (Å²) in [7, 11) is 1.62. The number of hydrogen-bond acceptors (Lipinski definition) is 4. The van der Waals surface area contributed by atoms with Crippen molar-refractivity contribution in [1.29, 1.82) is 0 Å². The maximum Gasteiger partial charge on any atom is 0.259 e. The van der Waals surface area contributed by atoms with E-state index in [4.69, 9.17) is 16.3 Å². The Hall–Kier alpha value is -2.60. The summed E-state index contributed by atoms with van der Waals surface area (Å²) in [6, 6.07) is 5.71. The molecule has 1 aliphatic heterocycles. The van der Waals surface area contributed by atoms with Crippen LogP contribution in [0.3, 0.4) is 0 Å². The second-order valence-electron chi connectivity index (χ2n) is 7.53. The number of nitrogens with zero attached hydrogens (tertiary/aromatic N) is 4. The van der Waals surface area contributed by atoms with Crippen LogP contribution >= 0.6 is 11.6 Å². The number of anilines is 1. The Morgan fingerprint density at radius 1 is 1.38 bits per heavy atom. The molecular weight excluding hydrogens is 388 g/mol. The first-order chi connectivity index (χ1) is 14.0. The second-order valence-corrected chi connectivity index (χ2v) is 7.94. The molecule has 6 nitrogen and oxygen atoms in total. The molecule has 1 unspecified atom stereocenters. The fourth-order valence-electron chi connectivity index (χ4n) is 3.98. The highest BCUT2D eigenvalue weighted by molar-refractivity contribution is 6.32. The zero-order chi connectivity index (χ0) is 20.7. The Labute approximate surface area is 175 Å². The van der Waals surface area contributed by atoms with Crippen LogP contribution in [0.2, 0.25) is 5.02 Å². The lowest BCUT2D eigenvalue weighted by Crippen LogP contribution is -2.36. The normalized spacial score (nSPS) is 14.7. The summed E-state index contributed by atoms with van der Waals surface area (Å²) < 4.78 is 7.47. The molecule has 1 aromatic carbocycles. The van der Waals surface area contributed by atoms with Crippen LogP contribution in [0.1, 0.15) is 54.3 Å². The molecule has 0 saturated carbocycles. The molecule has 1 aliphatic rings. The van der Waals surface area contributed by atoms with Crippen molar-refractivity contribution in [2.45, 2.75) is 46.1 Å². The van der Waals surface area contributed by atoms with Crippen LogP contribution in [0.4, 0.5) is 5.69 Å². The number of ether oxygens (including phenoxy) is 1. The number of aromatic nitrogens is 3. The molecule has 4 rings (SSSR count). The van der Waals surface area contributed by atoms with Crippen molar-refractivity contribution in [3.8, 4) is 5.75 Å². The largest absolute Gasteiger partial charge is 0.495 e. The maximum atomic E-state index is 13.7. The van der Waals surface area contributed by atoms with Gasteiger partial charge in [-0.25, -0.2) is 9.67 Å². The Morgan fingerprint density at radius 3 is 2.90 bits per heavy atom. The van der Waals surface area contributed by atoms with Gasteiger partial charge in [-0.15, -0.1) is 0 Å². The summed E-state index contributed by atoms with van der Waals surface area (Å²) >= 11 is 6.44. The minimum atomic E-state index is -0.0780. The predicted octanol–water partition coefficient (Wildman–Crippen LogP) is 4.97. The molecule has 2 aromatic heterocycles. The minimum Gasteiger partial charge on any atom is -0.495 e. The lowest BCUT2D eigenvalue weighted by Gasteiger charge is -2.31. The molecule has 3 aromatic rings. The number of pyridine rings is 1. The van der Waals surface area contributed by atoms with E-state index in [0.29, 0.717) is 22.9 Å². The van der Waals surface area contributed by atoms with E-state index in [0.717, 1.165) is 47.2 Å². The van der Waals surface area contributed by atoms with Crippen LogP contribution in [-0.2, 0) is 6.42 Å². The summed E-state index contributed by atoms with van der Waals surface area (Å²) in [6.45, 7) is 6.74. The molecule has 3 heterocycles. The Bertz CT molecular complexity index is 1090. The molecule has 0 bridgehead atoms. The standard InChI is InChI=1S/C22H25ClN4O2/c1-5-14(3)27-21-17(12-24-27)16(11-13(2)25-21)22(28)26-10-6-7-15-18(23)8-9-19(29-4)20(15)26/h8-9,11-12,14H,5-7,10H2,1-4H3. The molecule has 1 atom stereocenters. The van der Waals surface area contributed by atoms with Crippen LogP contribution < -0.4 is 9.64 Å². The zero-order valence-corrected chi connectivity index (χ0v) is 18.0. The van der Waals surface area contributed by atoms with Crippen LogP contribution in [-0.4, -0.2) is 34.3 Å². The Balaban J connectivity index is 1.86. The predicted molar refractivity (Wildman–Crippen MR) is 115 cm³/mol. The van der Waals surface area contributed by atoms with Crippen molar-refractivity contribution >= 4 is 34.2 Å². The number of aryl methyl sites for hydroxylation is 1. The monoisotopic (exact) mass is 412 g/mol. The van der Waals surface area contributed by atoms with Gasteiger partial charge in [0.15, 0.2) is 5.65 Å². The molecule has 0 saturated heterocycles. The number of carbonyl (C=O) groups excluding carboxylic acids is 1. The van der Waals surface area contributed by atoms with Gasteiger partial charge in [0.05, 0.1) is 36.0 Å². The number of fused-ring (bicyclic) bond motifs is 2. The zero-order valence-electron chi connectivity index (χ0n) is 17.2. The first kappa shape index (κ1) is 19.7. The highest BCUT2D eigenvalue weighted by atomic mass is 35.5. The van der Waals surface area contributed by atoms with Crippen molar-refractivity contribution in [2.24, 2.45) is 0 Å². The fraction of sp³-hybridized carbons (Fsp3) is 0.409. The van der Waals surface area contributed by atoms with Crippen LogP contribution in [0, 0.1) is 6.92 Å². The molecule has 0 spiro atoms. The van der Waals surface area contributed by atoms with E-state index in [1.54, 1.807) is 18.2 Å². The van der Waals surface area contributed by atoms with E-state index in [1.165, 1.54) is 0 Å². The van der Waals surface area contributed by atoms with Crippen LogP contribution in [0.5, 0.6) is 5.75 Å². The SMILES string of the molecule is CCC(C)n1ncc2c(C(=O)N3CCCc4c(Cl)ccc(OC)c43)cc(C)nc21. The second kappa shape index (κ2) is 7.67. The van der Waals surface area contributed by atoms with Crippen molar-refractivity contribution in [1.82, 2.24) is 14.8 Å². The van der Waals surface area contributed by atoms with E-state index in [1.807, 2.05) is 29.8 Å². The minimum absolute atomic E-state index is 0.0780. The Kier molecular flexibility index (Phi) is 5.21. The molecule has 152 valence electrons. The highest BCUT2D eigenvalue weighted by Crippen LogP contribution is 2.41. The van der Waals surface area contributed by atoms with Crippen molar-refractivity contribution in [2.75, 3.05) is 18.6 Å². The smallest absolute Gasteiger partial charge is 0.259 e. The number of hydrogen-bond donors (Lipinski definition) is 0. The van der Waals surface area contributed by atoms with Crippen molar-refractivity contribution < 1.29 is 9.53 Å². The highest BCUT2D eigenvalue weighted by Gasteiger charge is 2.30. The quantitative estimate of drug-likeness (QED) is 0.607. The van der Waals surface area contributed by atoms with Gasteiger partial charge in [0.2, 0.25) is 0 Å². The first-order valence-corrected chi connectivity index (χ1v) is 10.4. The number of methoxy groups -OCH3 is 1. The van der Waals surface area contributed by atoms with Gasteiger partial charge in [0, 0.05) is 17.3 Å². The maximum absolute atomic E-state index is 13.7. The van der Waals surface area contributed by atoms with Gasteiger partial charge < -0.3 is 9.64 Å². The van der Waals surface area contributed by atoms with E-state index in [2.05, 4.69) is 23.9 Å². The number of rotatable bonds is 4. The van der Waals surface area contributed by atoms with Gasteiger partial charge in [-0.05, 0) is 56.9 Å². The van der Waals surface area contributed by atoms with E-state index >= 15 is 0 Å². The van der Waals surface area contributed by atoms with E-state index in [9.17, 15) is 4.79 Å². The lowest BCUT2D eigenvalue weighted by atomic mass is 9.99. The van der Waals surface area contributed by atoms with Crippen molar-refractivity contribution in [3.05, 3.63) is 46.2 Å². The van der Waals surface area contributed by atoms with Gasteiger partial charge in [-0.1, -0.05) is 18.5 Å². The van der Waals surface area contributed by atoms with Crippen molar-refractivity contribution in [3.63, 3.8) is 0 Å². The fourth-order valence-corrected chi connectivity index (χ4v) is 4.23. The van der Waals surface area contributed by atoms with Crippen LogP contribution in [0.15, 0.2) is 24.4 Å². The molecule has 0 fully saturated rings. The molecule has 29 heavy (non-hydrogen) atoms. The molecular formula is C22H25ClN4O2. The van der Waals surface area contributed by atoms with Gasteiger partial charge in [0.25, 0.3) is 5.91 Å². The van der Waals surface area contributed by atoms with Crippen LogP contribution in [0.25, 0.3) is 11.0 Å². The lowest BCUT2D eigenvalue weighted by molar-refractivity contribution is 0.0986. The van der Waals surface area contributed by atoms with Gasteiger partial charge >= 0.3 is 0 Å². The molecule has 0 aliphatic carbocycles. The Morgan fingerprint density at radius 2 is 2.17 bits per heavy atom. The number of carbonyl (C=O) groups is 1. The van der Waals surface area contributed by atoms with E-state index in [-0.39, 0.29) is 11.9 Å². The summed E-state index contributed by atoms with van der Waals surface area (Å²) in [5.74, 6) is 0.584. The number of halogens is 1. The molecule has 7 heteroatoms. The molecule has 1 amide bonds. The third-order valence-electron chi connectivity index (χ3n) is 5.67. The third-order valence-corrected chi connectivity index (χ3v) is 6.02. The summed E-state index contributed by atoms with van der Waals surface area (Å²) in [5.41, 5.74) is 3.88. The summed E-state index contributed by atoms with van der Waals surface area (Å²) in [4.78, 5) is 20.2. The van der Waals surface area contributed by atoms with Gasteiger partial charge in [-0.2, -0.15) is 5.10 Å². The molecule has 0 N–H and O–H groups in total. The molecule has 0 radical (unpaired) electrons. The third kappa shape index (κ3) is 3.25. The summed E-state index contributed by atoms with van der Waals surface area (Å²) in [6.07, 6.45) is 4.36. The first-order valence-electron chi connectivity index (χ1n) is 9.98. The van der Waals surface area contributed by atoms with Gasteiger partial charge in [0.1, 0.15) is 5.75 Å². The topological polar surface area (TPSA) is 60.2 Å².